The molecule has 0 bridgehead atoms. The third-order valence-electron chi connectivity index (χ3n) is 4.94. The summed E-state index contributed by atoms with van der Waals surface area (Å²) in [5.41, 5.74) is 4.12. The smallest absolute Gasteiger partial charge is 0.234 e. The monoisotopic (exact) mass is 370 g/mol. The number of hydrogen-bond donors (Lipinski definition) is 1. The highest BCUT2D eigenvalue weighted by molar-refractivity contribution is 7.12. The van der Waals surface area contributed by atoms with Crippen molar-refractivity contribution in [3.63, 3.8) is 0 Å². The lowest BCUT2D eigenvalue weighted by Gasteiger charge is -2.36. The fourth-order valence-electron chi connectivity index (χ4n) is 3.97. The zero-order valence-electron chi connectivity index (χ0n) is 16.6. The number of nitrogens with one attached hydrogen (secondary N) is 1. The number of hydrogen-bond acceptors (Lipinski definition) is 3. The molecule has 2 aromatic rings. The maximum atomic E-state index is 12.6. The van der Waals surface area contributed by atoms with Gasteiger partial charge in [-0.25, -0.2) is 0 Å². The van der Waals surface area contributed by atoms with Crippen molar-refractivity contribution in [2.24, 2.45) is 0 Å². The summed E-state index contributed by atoms with van der Waals surface area (Å²) in [6.45, 7) is 11.9. The summed E-state index contributed by atoms with van der Waals surface area (Å²) in [4.78, 5) is 17.8. The molecule has 1 aliphatic rings. The first-order chi connectivity index (χ1) is 12.3. The quantitative estimate of drug-likeness (QED) is 0.860. The zero-order chi connectivity index (χ0) is 18.9. The van der Waals surface area contributed by atoms with Gasteiger partial charge in [-0.3, -0.25) is 9.69 Å². The maximum Gasteiger partial charge on any atom is 0.234 e. The molecule has 3 rings (SSSR count). The van der Waals surface area contributed by atoms with Gasteiger partial charge >= 0.3 is 0 Å². The summed E-state index contributed by atoms with van der Waals surface area (Å²) in [5, 5.41) is 3.11. The largest absolute Gasteiger partial charge is 0.350 e. The maximum absolute atomic E-state index is 12.6. The van der Waals surface area contributed by atoms with Gasteiger partial charge in [0.2, 0.25) is 5.91 Å². The molecule has 2 heterocycles. The minimum Gasteiger partial charge on any atom is -0.350 e. The lowest BCUT2D eigenvalue weighted by atomic mass is 9.91. The van der Waals surface area contributed by atoms with Crippen molar-refractivity contribution >= 4 is 17.2 Å². The predicted octanol–water partition coefficient (Wildman–Crippen LogP) is 4.48. The molecule has 1 N–H and O–H groups in total. The fourth-order valence-corrected chi connectivity index (χ4v) is 5.43. The summed E-state index contributed by atoms with van der Waals surface area (Å²) in [6, 6.07) is 10.8. The van der Waals surface area contributed by atoms with Gasteiger partial charge in [-0.1, -0.05) is 37.3 Å². The normalized spacial score (nSPS) is 17.8. The molecule has 1 aromatic heterocycles. The highest BCUT2D eigenvalue weighted by atomic mass is 32.1. The van der Waals surface area contributed by atoms with E-state index in [0.29, 0.717) is 6.54 Å². The number of rotatable bonds is 4. The van der Waals surface area contributed by atoms with Gasteiger partial charge in [0.15, 0.2) is 0 Å². The molecule has 1 atom stereocenters. The lowest BCUT2D eigenvalue weighted by molar-refractivity contribution is -0.124. The van der Waals surface area contributed by atoms with Gasteiger partial charge in [0, 0.05) is 21.8 Å². The molecule has 140 valence electrons. The van der Waals surface area contributed by atoms with Gasteiger partial charge < -0.3 is 5.32 Å². The molecule has 0 radical (unpaired) electrons. The van der Waals surface area contributed by atoms with Crippen molar-refractivity contribution in [1.82, 2.24) is 10.2 Å². The number of fused-ring (bicyclic) bond motifs is 1. The number of benzene rings is 1. The van der Waals surface area contributed by atoms with Crippen molar-refractivity contribution in [2.75, 3.05) is 13.1 Å². The van der Waals surface area contributed by atoms with E-state index >= 15 is 0 Å². The molecule has 26 heavy (non-hydrogen) atoms. The standard InChI is InChI=1S/C22H30N2OS/c1-6-17-15(2)26-21-18(17)12-13-24(14-19(25)23-22(3,4)5)20(21)16-10-8-7-9-11-16/h7-11,20H,6,12-14H2,1-5H3,(H,23,25). The number of aryl methyl sites for hydroxylation is 1. The molecule has 1 amide bonds. The first kappa shape index (κ1) is 19.1. The minimum absolute atomic E-state index is 0.103. The molecule has 0 aliphatic carbocycles. The number of nitrogens with zero attached hydrogens (tertiary/aromatic N) is 1. The summed E-state index contributed by atoms with van der Waals surface area (Å²) >= 11 is 1.91. The second-order valence-electron chi connectivity index (χ2n) is 8.17. The van der Waals surface area contributed by atoms with Crippen LogP contribution in [0.2, 0.25) is 0 Å². The number of carbonyl (C=O) groups excluding carboxylic acids is 1. The Kier molecular flexibility index (Phi) is 5.54. The third kappa shape index (κ3) is 4.02. The van der Waals surface area contributed by atoms with E-state index in [1.807, 2.05) is 32.1 Å². The highest BCUT2D eigenvalue weighted by Gasteiger charge is 2.33. The van der Waals surface area contributed by atoms with E-state index in [0.717, 1.165) is 19.4 Å². The van der Waals surface area contributed by atoms with Gasteiger partial charge in [-0.2, -0.15) is 0 Å². The molecule has 0 saturated heterocycles. The van der Waals surface area contributed by atoms with E-state index in [1.54, 1.807) is 0 Å². The van der Waals surface area contributed by atoms with Crippen molar-refractivity contribution < 1.29 is 4.79 Å². The van der Waals surface area contributed by atoms with Crippen LogP contribution in [0.4, 0.5) is 0 Å². The second-order valence-corrected chi connectivity index (χ2v) is 9.42. The summed E-state index contributed by atoms with van der Waals surface area (Å²) < 4.78 is 0. The van der Waals surface area contributed by atoms with Gasteiger partial charge in [-0.05, 0) is 57.2 Å². The van der Waals surface area contributed by atoms with Crippen molar-refractivity contribution in [3.05, 3.63) is 56.8 Å². The molecule has 1 aromatic carbocycles. The third-order valence-corrected chi connectivity index (χ3v) is 6.18. The Balaban J connectivity index is 1.96. The van der Waals surface area contributed by atoms with Crippen LogP contribution in [0.1, 0.15) is 60.2 Å². The Morgan fingerprint density at radius 2 is 1.96 bits per heavy atom. The Morgan fingerprint density at radius 1 is 1.27 bits per heavy atom. The van der Waals surface area contributed by atoms with Crippen LogP contribution >= 0.6 is 11.3 Å². The van der Waals surface area contributed by atoms with E-state index in [-0.39, 0.29) is 17.5 Å². The van der Waals surface area contributed by atoms with E-state index in [2.05, 4.69) is 54.4 Å². The fraction of sp³-hybridized carbons (Fsp3) is 0.500. The van der Waals surface area contributed by atoms with Crippen LogP contribution in [0, 0.1) is 6.92 Å². The van der Waals surface area contributed by atoms with Crippen LogP contribution < -0.4 is 5.32 Å². The van der Waals surface area contributed by atoms with Crippen LogP contribution in [0.5, 0.6) is 0 Å². The molecular weight excluding hydrogens is 340 g/mol. The average molecular weight is 371 g/mol. The Morgan fingerprint density at radius 3 is 2.58 bits per heavy atom. The zero-order valence-corrected chi connectivity index (χ0v) is 17.4. The second kappa shape index (κ2) is 7.53. The molecular formula is C22H30N2OS. The SMILES string of the molecule is CCc1c(C)sc2c1CCN(CC(=O)NC(C)(C)C)C2c1ccccc1. The highest BCUT2D eigenvalue weighted by Crippen LogP contribution is 2.42. The molecule has 4 heteroatoms. The van der Waals surface area contributed by atoms with Gasteiger partial charge in [0.1, 0.15) is 0 Å². The molecule has 0 saturated carbocycles. The van der Waals surface area contributed by atoms with E-state index in [4.69, 9.17) is 0 Å². The number of amides is 1. The van der Waals surface area contributed by atoms with Gasteiger partial charge in [0.05, 0.1) is 12.6 Å². The molecule has 1 aliphatic heterocycles. The van der Waals surface area contributed by atoms with E-state index < -0.39 is 0 Å². The molecule has 0 spiro atoms. The van der Waals surface area contributed by atoms with Crippen molar-refractivity contribution in [2.45, 2.75) is 59.0 Å². The summed E-state index contributed by atoms with van der Waals surface area (Å²) in [5.74, 6) is 0.103. The van der Waals surface area contributed by atoms with Crippen LogP contribution in [-0.4, -0.2) is 29.4 Å². The molecule has 3 nitrogen and oxygen atoms in total. The first-order valence-corrected chi connectivity index (χ1v) is 10.3. The predicted molar refractivity (Wildman–Crippen MR) is 110 cm³/mol. The first-order valence-electron chi connectivity index (χ1n) is 9.51. The van der Waals surface area contributed by atoms with Crippen LogP contribution in [0.15, 0.2) is 30.3 Å². The van der Waals surface area contributed by atoms with Gasteiger partial charge in [0.25, 0.3) is 0 Å². The van der Waals surface area contributed by atoms with Crippen molar-refractivity contribution in [3.8, 4) is 0 Å². The minimum atomic E-state index is -0.199. The Bertz CT molecular complexity index is 773. The average Bonchev–Trinajstić information content (AvgIpc) is 2.88. The summed E-state index contributed by atoms with van der Waals surface area (Å²) in [7, 11) is 0. The van der Waals surface area contributed by atoms with Crippen LogP contribution in [0.25, 0.3) is 0 Å². The summed E-state index contributed by atoms with van der Waals surface area (Å²) in [6.07, 6.45) is 2.12. The lowest BCUT2D eigenvalue weighted by Crippen LogP contribution is -2.48. The number of thiophene rings is 1. The Labute approximate surface area is 161 Å². The molecule has 0 fully saturated rings. The Hall–Kier alpha value is -1.65. The van der Waals surface area contributed by atoms with E-state index in [1.165, 1.54) is 26.4 Å². The number of carbonyl (C=O) groups is 1. The topological polar surface area (TPSA) is 32.3 Å². The van der Waals surface area contributed by atoms with Gasteiger partial charge in [-0.15, -0.1) is 11.3 Å². The van der Waals surface area contributed by atoms with E-state index in [9.17, 15) is 4.79 Å². The van der Waals surface area contributed by atoms with Crippen LogP contribution in [-0.2, 0) is 17.6 Å². The van der Waals surface area contributed by atoms with Crippen LogP contribution in [0.3, 0.4) is 0 Å². The van der Waals surface area contributed by atoms with Crippen molar-refractivity contribution in [1.29, 1.82) is 0 Å². The molecule has 1 unspecified atom stereocenters.